The van der Waals surface area contributed by atoms with Gasteiger partial charge in [0.15, 0.2) is 0 Å². The lowest BCUT2D eigenvalue weighted by molar-refractivity contribution is 0.257. The molecular weight excluding hydrogens is 404 g/mol. The van der Waals surface area contributed by atoms with Crippen LogP contribution in [0.15, 0.2) is 60.7 Å². The zero-order valence-corrected chi connectivity index (χ0v) is 20.2. The molecule has 0 aliphatic heterocycles. The van der Waals surface area contributed by atoms with Crippen molar-refractivity contribution in [3.05, 3.63) is 60.7 Å². The van der Waals surface area contributed by atoms with E-state index in [-0.39, 0.29) is 0 Å². The first-order valence-electron chi connectivity index (χ1n) is 9.56. The minimum atomic E-state index is -2.34. The van der Waals surface area contributed by atoms with E-state index in [4.69, 9.17) is 17.7 Å². The van der Waals surface area contributed by atoms with Gasteiger partial charge in [0.2, 0.25) is 0 Å². The highest BCUT2D eigenvalue weighted by Crippen LogP contribution is 2.20. The molecule has 0 spiro atoms. The minimum absolute atomic E-state index is 0.935. The predicted molar refractivity (Wildman–Crippen MR) is 123 cm³/mol. The first kappa shape index (κ1) is 23.3. The minimum Gasteiger partial charge on any atom is -0.394 e. The SMILES string of the molecule is CO[Si](CCCSCC[Si](OC)(OC)c1ccccc1)(OC)c1ccccc1. The molecule has 0 fully saturated rings. The standard InChI is InChI=1S/C21H32O4SSi2/c1-22-27(23-2,20-12-7-5-8-13-20)18-11-16-26-17-19-28(24-3,25-4)21-14-9-6-10-15-21/h5-10,12-15H,11,16-19H2,1-4H3. The molecule has 154 valence electrons. The fourth-order valence-corrected chi connectivity index (χ4v) is 10.6. The second-order valence-electron chi connectivity index (χ2n) is 6.52. The zero-order valence-electron chi connectivity index (χ0n) is 17.4. The van der Waals surface area contributed by atoms with E-state index >= 15 is 0 Å². The maximum atomic E-state index is 5.90. The first-order valence-corrected chi connectivity index (χ1v) is 14.8. The molecular formula is C21H32O4SSi2. The van der Waals surface area contributed by atoms with Gasteiger partial charge >= 0.3 is 17.1 Å². The summed E-state index contributed by atoms with van der Waals surface area (Å²) in [6, 6.07) is 22.6. The lowest BCUT2D eigenvalue weighted by atomic mass is 10.4. The average Bonchev–Trinajstić information content (AvgIpc) is 2.78. The first-order chi connectivity index (χ1) is 13.7. The van der Waals surface area contributed by atoms with Crippen molar-refractivity contribution in [2.45, 2.75) is 18.5 Å². The summed E-state index contributed by atoms with van der Waals surface area (Å²) in [6.07, 6.45) is 1.06. The summed E-state index contributed by atoms with van der Waals surface area (Å²) in [7, 11) is 2.40. The smallest absolute Gasteiger partial charge is 0.372 e. The van der Waals surface area contributed by atoms with Crippen LogP contribution in [0.4, 0.5) is 0 Å². The van der Waals surface area contributed by atoms with Crippen LogP contribution in [0, 0.1) is 0 Å². The Morgan fingerprint density at radius 1 is 0.607 bits per heavy atom. The van der Waals surface area contributed by atoms with E-state index in [0.717, 1.165) is 30.0 Å². The largest absolute Gasteiger partial charge is 0.394 e. The number of rotatable bonds is 13. The maximum absolute atomic E-state index is 5.90. The van der Waals surface area contributed by atoms with Crippen LogP contribution in [0.3, 0.4) is 0 Å². The Hall–Kier alpha value is -0.936. The van der Waals surface area contributed by atoms with E-state index < -0.39 is 17.1 Å². The van der Waals surface area contributed by atoms with Gasteiger partial charge in [0.05, 0.1) is 0 Å². The Balaban J connectivity index is 1.84. The molecule has 7 heteroatoms. The molecule has 2 aromatic rings. The van der Waals surface area contributed by atoms with Gasteiger partial charge in [0.25, 0.3) is 0 Å². The quantitative estimate of drug-likeness (QED) is 0.355. The molecule has 0 aliphatic rings. The summed E-state index contributed by atoms with van der Waals surface area (Å²) in [5.41, 5.74) is 0. The molecule has 0 saturated carbocycles. The summed E-state index contributed by atoms with van der Waals surface area (Å²) in [4.78, 5) is 0. The molecule has 0 aromatic heterocycles. The van der Waals surface area contributed by atoms with Crippen molar-refractivity contribution >= 4 is 39.3 Å². The van der Waals surface area contributed by atoms with Gasteiger partial charge in [-0.15, -0.1) is 0 Å². The highest BCUT2D eigenvalue weighted by molar-refractivity contribution is 7.99. The molecule has 2 aromatic carbocycles. The number of hydrogen-bond donors (Lipinski definition) is 0. The third-order valence-corrected chi connectivity index (χ3v) is 13.5. The van der Waals surface area contributed by atoms with Crippen molar-refractivity contribution in [1.82, 2.24) is 0 Å². The van der Waals surface area contributed by atoms with Gasteiger partial charge in [0.1, 0.15) is 0 Å². The van der Waals surface area contributed by atoms with E-state index in [0.29, 0.717) is 0 Å². The fourth-order valence-electron chi connectivity index (χ4n) is 3.43. The fraction of sp³-hybridized carbons (Fsp3) is 0.429. The van der Waals surface area contributed by atoms with E-state index in [1.54, 1.807) is 28.4 Å². The van der Waals surface area contributed by atoms with Gasteiger partial charge in [0, 0.05) is 34.5 Å². The van der Waals surface area contributed by atoms with Gasteiger partial charge in [-0.3, -0.25) is 0 Å². The van der Waals surface area contributed by atoms with Crippen LogP contribution in [-0.2, 0) is 17.7 Å². The molecule has 4 nitrogen and oxygen atoms in total. The molecule has 0 aliphatic carbocycles. The molecule has 0 bridgehead atoms. The normalized spacial score (nSPS) is 12.3. The molecule has 0 unspecified atom stereocenters. The van der Waals surface area contributed by atoms with Crippen molar-refractivity contribution in [1.29, 1.82) is 0 Å². The molecule has 28 heavy (non-hydrogen) atoms. The zero-order chi connectivity index (χ0) is 20.3. The molecule has 0 heterocycles. The van der Waals surface area contributed by atoms with Crippen molar-refractivity contribution in [3.8, 4) is 0 Å². The van der Waals surface area contributed by atoms with Gasteiger partial charge in [-0.05, 0) is 34.3 Å². The molecule has 0 atom stereocenters. The number of hydrogen-bond acceptors (Lipinski definition) is 5. The maximum Gasteiger partial charge on any atom is 0.372 e. The Bertz CT molecular complexity index is 605. The predicted octanol–water partition coefficient (Wildman–Crippen LogP) is 3.39. The Kier molecular flexibility index (Phi) is 9.94. The number of thioether (sulfide) groups is 1. The molecule has 0 saturated heterocycles. The third-order valence-electron chi connectivity index (χ3n) is 5.12. The van der Waals surface area contributed by atoms with Crippen LogP contribution in [0.25, 0.3) is 0 Å². The summed E-state index contributed by atoms with van der Waals surface area (Å²) in [6.45, 7) is 0. The number of benzene rings is 2. The van der Waals surface area contributed by atoms with Crippen LogP contribution in [-0.4, -0.2) is 57.1 Å². The molecule has 0 N–H and O–H groups in total. The van der Waals surface area contributed by atoms with E-state index in [1.165, 1.54) is 10.4 Å². The highest BCUT2D eigenvalue weighted by Gasteiger charge is 2.38. The third kappa shape index (κ3) is 5.79. The van der Waals surface area contributed by atoms with Gasteiger partial charge in [-0.2, -0.15) is 11.8 Å². The average molecular weight is 437 g/mol. The topological polar surface area (TPSA) is 36.9 Å². The lowest BCUT2D eigenvalue weighted by Gasteiger charge is -2.28. The Morgan fingerprint density at radius 3 is 1.46 bits per heavy atom. The van der Waals surface area contributed by atoms with Crippen LogP contribution in [0.2, 0.25) is 12.1 Å². The summed E-state index contributed by atoms with van der Waals surface area (Å²) in [5.74, 6) is 2.09. The van der Waals surface area contributed by atoms with E-state index in [9.17, 15) is 0 Å². The van der Waals surface area contributed by atoms with Gasteiger partial charge in [-0.1, -0.05) is 60.7 Å². The Labute approximate surface area is 176 Å². The second kappa shape index (κ2) is 11.9. The van der Waals surface area contributed by atoms with Crippen LogP contribution in [0.5, 0.6) is 0 Å². The van der Waals surface area contributed by atoms with Gasteiger partial charge in [-0.25, -0.2) is 0 Å². The van der Waals surface area contributed by atoms with Crippen molar-refractivity contribution < 1.29 is 17.7 Å². The lowest BCUT2D eigenvalue weighted by Crippen LogP contribution is -2.52. The van der Waals surface area contributed by atoms with Crippen molar-refractivity contribution in [3.63, 3.8) is 0 Å². The molecule has 0 radical (unpaired) electrons. The highest BCUT2D eigenvalue weighted by atomic mass is 32.2. The van der Waals surface area contributed by atoms with Crippen LogP contribution < -0.4 is 10.4 Å². The van der Waals surface area contributed by atoms with Crippen LogP contribution in [0.1, 0.15) is 6.42 Å². The van der Waals surface area contributed by atoms with E-state index in [1.807, 2.05) is 48.2 Å². The van der Waals surface area contributed by atoms with Crippen molar-refractivity contribution in [2.75, 3.05) is 39.9 Å². The molecule has 2 rings (SSSR count). The Morgan fingerprint density at radius 2 is 1.04 bits per heavy atom. The van der Waals surface area contributed by atoms with Crippen LogP contribution >= 0.6 is 11.8 Å². The van der Waals surface area contributed by atoms with Crippen molar-refractivity contribution in [2.24, 2.45) is 0 Å². The summed E-state index contributed by atoms with van der Waals surface area (Å²) in [5, 5.41) is 2.38. The summed E-state index contributed by atoms with van der Waals surface area (Å²) >= 11 is 1.95. The van der Waals surface area contributed by atoms with E-state index in [2.05, 4.69) is 24.3 Å². The monoisotopic (exact) mass is 436 g/mol. The molecule has 0 amide bonds. The second-order valence-corrected chi connectivity index (χ2v) is 14.5. The summed E-state index contributed by atoms with van der Waals surface area (Å²) < 4.78 is 23.6. The van der Waals surface area contributed by atoms with Gasteiger partial charge < -0.3 is 17.7 Å².